The molecule has 2 fully saturated rings. The van der Waals surface area contributed by atoms with Crippen LogP contribution in [0.4, 0.5) is 5.82 Å². The van der Waals surface area contributed by atoms with Crippen molar-refractivity contribution in [2.75, 3.05) is 0 Å². The molecule has 0 spiro atoms. The smallest absolute Gasteiger partial charge is 0.358 e. The lowest BCUT2D eigenvalue weighted by Gasteiger charge is -2.24. The average molecular weight is 300 g/mol. The summed E-state index contributed by atoms with van der Waals surface area (Å²) in [6.07, 6.45) is 8.16. The number of fused-ring (bicyclic) bond motifs is 2. The molecule has 1 aromatic heterocycles. The molecule has 0 radical (unpaired) electrons. The van der Waals surface area contributed by atoms with Crippen molar-refractivity contribution < 1.29 is 4.92 Å². The van der Waals surface area contributed by atoms with Crippen molar-refractivity contribution in [3.8, 4) is 0 Å². The second-order valence-corrected chi connectivity index (χ2v) is 6.26. The van der Waals surface area contributed by atoms with Gasteiger partial charge in [0.1, 0.15) is 4.47 Å². The highest BCUT2D eigenvalue weighted by molar-refractivity contribution is 9.10. The van der Waals surface area contributed by atoms with Crippen molar-refractivity contribution in [1.82, 2.24) is 9.78 Å². The first-order valence-electron chi connectivity index (χ1n) is 5.95. The van der Waals surface area contributed by atoms with E-state index in [1.807, 2.05) is 0 Å². The number of hydrogen-bond donors (Lipinski definition) is 0. The first kappa shape index (κ1) is 11.2. The molecule has 2 saturated carbocycles. The summed E-state index contributed by atoms with van der Waals surface area (Å²) in [4.78, 5) is 10.3. The third-order valence-corrected chi connectivity index (χ3v) is 4.82. The van der Waals surface area contributed by atoms with Gasteiger partial charge in [-0.15, -0.1) is 0 Å². The van der Waals surface area contributed by atoms with E-state index < -0.39 is 4.92 Å². The molecule has 6 heteroatoms. The molecule has 17 heavy (non-hydrogen) atoms. The Morgan fingerprint density at radius 1 is 1.59 bits per heavy atom. The van der Waals surface area contributed by atoms with Crippen molar-refractivity contribution in [1.29, 1.82) is 0 Å². The van der Waals surface area contributed by atoms with Crippen molar-refractivity contribution in [2.24, 2.45) is 11.3 Å². The van der Waals surface area contributed by atoms with Crippen molar-refractivity contribution in [3.63, 3.8) is 0 Å². The van der Waals surface area contributed by atoms with E-state index in [9.17, 15) is 10.1 Å². The van der Waals surface area contributed by atoms with Crippen LogP contribution in [-0.4, -0.2) is 14.7 Å². The van der Waals surface area contributed by atoms with Crippen LogP contribution in [0.15, 0.2) is 10.7 Å². The van der Waals surface area contributed by atoms with E-state index in [1.165, 1.54) is 32.1 Å². The lowest BCUT2D eigenvalue weighted by molar-refractivity contribution is -0.390. The fourth-order valence-corrected chi connectivity index (χ4v) is 3.93. The van der Waals surface area contributed by atoms with Crippen LogP contribution < -0.4 is 0 Å². The van der Waals surface area contributed by atoms with Crippen LogP contribution in [-0.2, 0) is 6.54 Å². The topological polar surface area (TPSA) is 61.0 Å². The third kappa shape index (κ3) is 1.88. The van der Waals surface area contributed by atoms with Crippen LogP contribution >= 0.6 is 15.9 Å². The monoisotopic (exact) mass is 299 g/mol. The lowest BCUT2D eigenvalue weighted by Crippen LogP contribution is -2.22. The van der Waals surface area contributed by atoms with Crippen LogP contribution in [0, 0.1) is 21.4 Å². The third-order valence-electron chi connectivity index (χ3n) is 4.26. The number of halogens is 1. The van der Waals surface area contributed by atoms with Crippen LogP contribution in [0.5, 0.6) is 0 Å². The van der Waals surface area contributed by atoms with E-state index in [2.05, 4.69) is 21.0 Å². The Morgan fingerprint density at radius 2 is 2.29 bits per heavy atom. The van der Waals surface area contributed by atoms with Gasteiger partial charge in [0.05, 0.1) is 17.8 Å². The van der Waals surface area contributed by atoms with Gasteiger partial charge in [-0.05, 0) is 64.3 Å². The molecule has 0 unspecified atom stereocenters. The average Bonchev–Trinajstić information content (AvgIpc) is 2.92. The molecule has 2 bridgehead atoms. The zero-order valence-corrected chi connectivity index (χ0v) is 11.0. The number of aromatic nitrogens is 2. The lowest BCUT2D eigenvalue weighted by atomic mass is 9.84. The van der Waals surface area contributed by atoms with Crippen molar-refractivity contribution in [2.45, 2.75) is 38.6 Å². The molecule has 5 nitrogen and oxygen atoms in total. The SMILES string of the molecule is O=[N+]([O-])c1nn(CC23CCC(CC2)C3)cc1Br. The van der Waals surface area contributed by atoms with Crippen LogP contribution in [0.1, 0.15) is 32.1 Å². The number of hydrogen-bond acceptors (Lipinski definition) is 3. The summed E-state index contributed by atoms with van der Waals surface area (Å²) in [5, 5.41) is 14.8. The van der Waals surface area contributed by atoms with Gasteiger partial charge in [0.15, 0.2) is 0 Å². The largest absolute Gasteiger partial charge is 0.404 e. The summed E-state index contributed by atoms with van der Waals surface area (Å²) in [6, 6.07) is 0. The summed E-state index contributed by atoms with van der Waals surface area (Å²) in [5.41, 5.74) is 0.365. The van der Waals surface area contributed by atoms with Crippen LogP contribution in [0.2, 0.25) is 0 Å². The minimum atomic E-state index is -0.440. The van der Waals surface area contributed by atoms with E-state index >= 15 is 0 Å². The summed E-state index contributed by atoms with van der Waals surface area (Å²) in [6.45, 7) is 0.829. The molecule has 0 atom stereocenters. The molecule has 2 aliphatic carbocycles. The zero-order chi connectivity index (χ0) is 12.0. The molecule has 0 aliphatic heterocycles. The standard InChI is InChI=1S/C11H14BrN3O2/c12-9-6-14(13-10(9)15(16)17)7-11-3-1-8(5-11)2-4-11/h6,8H,1-5,7H2. The summed E-state index contributed by atoms with van der Waals surface area (Å²) in [7, 11) is 0. The Morgan fingerprint density at radius 3 is 2.76 bits per heavy atom. The second kappa shape index (κ2) is 3.80. The number of nitro groups is 1. The zero-order valence-electron chi connectivity index (χ0n) is 9.43. The van der Waals surface area contributed by atoms with E-state index in [4.69, 9.17) is 0 Å². The molecule has 92 valence electrons. The molecular weight excluding hydrogens is 286 g/mol. The van der Waals surface area contributed by atoms with Gasteiger partial charge in [0, 0.05) is 0 Å². The molecule has 0 aromatic carbocycles. The Labute approximate surface area is 107 Å². The highest BCUT2D eigenvalue weighted by atomic mass is 79.9. The predicted octanol–water partition coefficient (Wildman–Crippen LogP) is 3.13. The minimum absolute atomic E-state index is 0.0751. The van der Waals surface area contributed by atoms with E-state index in [1.54, 1.807) is 10.9 Å². The van der Waals surface area contributed by atoms with Gasteiger partial charge >= 0.3 is 5.82 Å². The summed E-state index contributed by atoms with van der Waals surface area (Å²) < 4.78 is 2.22. The van der Waals surface area contributed by atoms with Crippen LogP contribution in [0.3, 0.4) is 0 Å². The minimum Gasteiger partial charge on any atom is -0.358 e. The molecule has 1 heterocycles. The number of nitrogens with zero attached hydrogens (tertiary/aromatic N) is 3. The van der Waals surface area contributed by atoms with Gasteiger partial charge in [0.2, 0.25) is 0 Å². The first-order chi connectivity index (χ1) is 8.08. The quantitative estimate of drug-likeness (QED) is 0.636. The molecule has 0 amide bonds. The van der Waals surface area contributed by atoms with Crippen LogP contribution in [0.25, 0.3) is 0 Å². The van der Waals surface area contributed by atoms with Gasteiger partial charge < -0.3 is 10.1 Å². The van der Waals surface area contributed by atoms with Gasteiger partial charge in [0.25, 0.3) is 0 Å². The maximum atomic E-state index is 10.7. The van der Waals surface area contributed by atoms with Gasteiger partial charge in [-0.25, -0.2) is 0 Å². The van der Waals surface area contributed by atoms with Gasteiger partial charge in [-0.1, -0.05) is 0 Å². The molecular formula is C11H14BrN3O2. The van der Waals surface area contributed by atoms with E-state index in [-0.39, 0.29) is 5.82 Å². The Kier molecular flexibility index (Phi) is 2.50. The Hall–Kier alpha value is -0.910. The molecule has 2 aliphatic rings. The molecule has 3 rings (SSSR count). The summed E-state index contributed by atoms with van der Waals surface area (Å²) >= 11 is 3.19. The van der Waals surface area contributed by atoms with Gasteiger partial charge in [-0.2, -0.15) is 4.68 Å². The maximum Gasteiger partial charge on any atom is 0.404 e. The molecule has 0 N–H and O–H groups in total. The van der Waals surface area contributed by atoms with Crippen molar-refractivity contribution >= 4 is 21.7 Å². The Balaban J connectivity index is 1.81. The highest BCUT2D eigenvalue weighted by Gasteiger charge is 2.45. The number of rotatable bonds is 3. The predicted molar refractivity (Wildman–Crippen MR) is 65.6 cm³/mol. The van der Waals surface area contributed by atoms with E-state index in [0.717, 1.165) is 12.5 Å². The first-order valence-corrected chi connectivity index (χ1v) is 6.75. The fraction of sp³-hybridized carbons (Fsp3) is 0.727. The normalized spacial score (nSPS) is 31.0. The maximum absolute atomic E-state index is 10.7. The second-order valence-electron chi connectivity index (χ2n) is 5.40. The summed E-state index contributed by atoms with van der Waals surface area (Å²) in [5.74, 6) is 0.818. The van der Waals surface area contributed by atoms with Gasteiger partial charge in [-0.3, -0.25) is 0 Å². The Bertz CT molecular complexity index is 463. The van der Waals surface area contributed by atoms with Crippen molar-refractivity contribution in [3.05, 3.63) is 20.8 Å². The van der Waals surface area contributed by atoms with E-state index in [0.29, 0.717) is 9.89 Å². The highest BCUT2D eigenvalue weighted by Crippen LogP contribution is 2.54. The molecule has 1 aromatic rings. The fourth-order valence-electron chi connectivity index (χ4n) is 3.47. The molecule has 0 saturated heterocycles.